The summed E-state index contributed by atoms with van der Waals surface area (Å²) in [5, 5.41) is 5.01. The zero-order valence-corrected chi connectivity index (χ0v) is 12.1. The third kappa shape index (κ3) is 3.81. The molecule has 0 fully saturated rings. The van der Waals surface area contributed by atoms with Crippen molar-refractivity contribution in [2.75, 3.05) is 11.1 Å². The molecule has 0 saturated carbocycles. The van der Waals surface area contributed by atoms with Crippen LogP contribution in [0, 0.1) is 5.82 Å². The number of nitrogens with two attached hydrogens (primary N) is 1. The second kappa shape index (κ2) is 6.71. The van der Waals surface area contributed by atoms with Crippen molar-refractivity contribution in [3.63, 3.8) is 0 Å². The van der Waals surface area contributed by atoms with E-state index in [2.05, 4.69) is 10.1 Å². The van der Waals surface area contributed by atoms with Gasteiger partial charge in [-0.2, -0.15) is 8.78 Å². The second-order valence-electron chi connectivity index (χ2n) is 4.32. The van der Waals surface area contributed by atoms with Crippen LogP contribution in [0.2, 0.25) is 0 Å². The molecule has 1 aromatic carbocycles. The summed E-state index contributed by atoms with van der Waals surface area (Å²) in [6.45, 7) is -0.544. The lowest BCUT2D eigenvalue weighted by atomic mass is 10.2. The van der Waals surface area contributed by atoms with Crippen LogP contribution in [-0.2, 0) is 13.0 Å². The van der Waals surface area contributed by atoms with Crippen LogP contribution in [0.25, 0.3) is 0 Å². The van der Waals surface area contributed by atoms with Crippen LogP contribution in [0.15, 0.2) is 23.6 Å². The van der Waals surface area contributed by atoms with Crippen molar-refractivity contribution < 1.29 is 17.9 Å². The second-order valence-corrected chi connectivity index (χ2v) is 5.33. The van der Waals surface area contributed by atoms with Crippen LogP contribution in [0.3, 0.4) is 0 Å². The summed E-state index contributed by atoms with van der Waals surface area (Å²) in [4.78, 5) is 1.12. The molecule has 1 aromatic heterocycles. The smallest absolute Gasteiger partial charge is 0.387 e. The average molecular weight is 316 g/mol. The lowest BCUT2D eigenvalue weighted by molar-refractivity contribution is -0.0521. The Balaban J connectivity index is 2.16. The van der Waals surface area contributed by atoms with Gasteiger partial charge in [0.1, 0.15) is 0 Å². The molecular weight excluding hydrogens is 301 g/mol. The van der Waals surface area contributed by atoms with Crippen LogP contribution in [0.5, 0.6) is 5.75 Å². The first kappa shape index (κ1) is 15.5. The number of hydrogen-bond donors (Lipinski definition) is 2. The predicted molar refractivity (Wildman–Crippen MR) is 78.5 cm³/mol. The van der Waals surface area contributed by atoms with Gasteiger partial charge in [0.2, 0.25) is 0 Å². The van der Waals surface area contributed by atoms with E-state index in [0.29, 0.717) is 12.2 Å². The fourth-order valence-corrected chi connectivity index (χ4v) is 2.84. The Bertz CT molecular complexity index is 616. The van der Waals surface area contributed by atoms with E-state index in [0.717, 1.165) is 23.4 Å². The molecule has 0 unspecified atom stereocenters. The zero-order valence-electron chi connectivity index (χ0n) is 11.3. The van der Waals surface area contributed by atoms with Crippen molar-refractivity contribution in [2.24, 2.45) is 0 Å². The molecule has 0 aliphatic carbocycles. The quantitative estimate of drug-likeness (QED) is 0.783. The van der Waals surface area contributed by atoms with Crippen LogP contribution in [0.1, 0.15) is 17.4 Å². The normalized spacial score (nSPS) is 10.9. The number of nitrogens with one attached hydrogen (secondary N) is 1. The fraction of sp³-hybridized carbons (Fsp3) is 0.286. The summed E-state index contributed by atoms with van der Waals surface area (Å²) < 4.78 is 42.0. The summed E-state index contributed by atoms with van der Waals surface area (Å²) in [5.74, 6) is -1.44. The number of rotatable bonds is 6. The maximum atomic E-state index is 13.5. The standard InChI is InChI=1S/C14H15F3N2OS/c1-2-8-3-4-21-13(8)7-19-11-6-12(20-14(16)17)9(15)5-10(11)18/h3-6,14,19H,2,7,18H2,1H3. The van der Waals surface area contributed by atoms with Gasteiger partial charge in [0.25, 0.3) is 0 Å². The first-order valence-corrected chi connectivity index (χ1v) is 7.22. The lowest BCUT2D eigenvalue weighted by Crippen LogP contribution is -2.07. The average Bonchev–Trinajstić information content (AvgIpc) is 2.87. The minimum absolute atomic E-state index is 0.142. The predicted octanol–water partition coefficient (Wildman–Crippen LogP) is 4.25. The molecular formula is C14H15F3N2OS. The molecule has 1 heterocycles. The molecule has 7 heteroatoms. The van der Waals surface area contributed by atoms with Gasteiger partial charge < -0.3 is 15.8 Å². The number of anilines is 2. The largest absolute Gasteiger partial charge is 0.432 e. The molecule has 2 aromatic rings. The van der Waals surface area contributed by atoms with Crippen LogP contribution in [-0.4, -0.2) is 6.61 Å². The van der Waals surface area contributed by atoms with Gasteiger partial charge >= 0.3 is 6.61 Å². The van der Waals surface area contributed by atoms with Gasteiger partial charge in [-0.25, -0.2) is 4.39 Å². The summed E-state index contributed by atoms with van der Waals surface area (Å²) in [6.07, 6.45) is 0.902. The summed E-state index contributed by atoms with van der Waals surface area (Å²) in [5.41, 5.74) is 7.40. The van der Waals surface area contributed by atoms with E-state index in [1.165, 1.54) is 5.56 Å². The highest BCUT2D eigenvalue weighted by atomic mass is 32.1. The summed E-state index contributed by atoms with van der Waals surface area (Å²) >= 11 is 1.59. The monoisotopic (exact) mass is 316 g/mol. The maximum Gasteiger partial charge on any atom is 0.387 e. The van der Waals surface area contributed by atoms with Crippen molar-refractivity contribution >= 4 is 22.7 Å². The van der Waals surface area contributed by atoms with Gasteiger partial charge in [-0.15, -0.1) is 11.3 Å². The number of hydrogen-bond acceptors (Lipinski definition) is 4. The van der Waals surface area contributed by atoms with Crippen molar-refractivity contribution in [1.82, 2.24) is 0 Å². The van der Waals surface area contributed by atoms with Crippen LogP contribution < -0.4 is 15.8 Å². The van der Waals surface area contributed by atoms with E-state index in [4.69, 9.17) is 5.73 Å². The van der Waals surface area contributed by atoms with Crippen molar-refractivity contribution in [3.05, 3.63) is 39.8 Å². The highest BCUT2D eigenvalue weighted by Gasteiger charge is 2.13. The van der Waals surface area contributed by atoms with E-state index in [9.17, 15) is 13.2 Å². The number of benzene rings is 1. The molecule has 0 aliphatic rings. The van der Waals surface area contributed by atoms with Crippen molar-refractivity contribution in [1.29, 1.82) is 0 Å². The molecule has 3 N–H and O–H groups in total. The Morgan fingerprint density at radius 3 is 2.81 bits per heavy atom. The summed E-state index contributed by atoms with van der Waals surface area (Å²) in [7, 11) is 0. The number of alkyl halides is 2. The molecule has 2 rings (SSSR count). The molecule has 0 saturated heterocycles. The first-order valence-electron chi connectivity index (χ1n) is 6.34. The minimum atomic E-state index is -3.08. The molecule has 0 spiro atoms. The molecule has 114 valence electrons. The van der Waals surface area contributed by atoms with E-state index in [1.807, 2.05) is 18.4 Å². The third-order valence-electron chi connectivity index (χ3n) is 2.98. The molecule has 0 radical (unpaired) electrons. The molecule has 0 aliphatic heterocycles. The minimum Gasteiger partial charge on any atom is -0.432 e. The highest BCUT2D eigenvalue weighted by Crippen LogP contribution is 2.30. The third-order valence-corrected chi connectivity index (χ3v) is 3.94. The zero-order chi connectivity index (χ0) is 15.4. The summed E-state index contributed by atoms with van der Waals surface area (Å²) in [6, 6.07) is 4.15. The Hall–Kier alpha value is -1.89. The Morgan fingerprint density at radius 2 is 2.14 bits per heavy atom. The van der Waals surface area contributed by atoms with Gasteiger partial charge in [-0.3, -0.25) is 0 Å². The first-order chi connectivity index (χ1) is 10.0. The highest BCUT2D eigenvalue weighted by molar-refractivity contribution is 7.10. The molecule has 0 atom stereocenters. The van der Waals surface area contributed by atoms with Gasteiger partial charge in [0, 0.05) is 23.6 Å². The maximum absolute atomic E-state index is 13.5. The lowest BCUT2D eigenvalue weighted by Gasteiger charge is -2.13. The molecule has 0 bridgehead atoms. The SMILES string of the molecule is CCc1ccsc1CNc1cc(OC(F)F)c(F)cc1N. The van der Waals surface area contributed by atoms with Gasteiger partial charge in [-0.1, -0.05) is 6.92 Å². The number of aryl methyl sites for hydroxylation is 1. The molecule has 0 amide bonds. The van der Waals surface area contributed by atoms with Gasteiger partial charge in [0.15, 0.2) is 11.6 Å². The number of nitrogen functional groups attached to an aromatic ring is 1. The van der Waals surface area contributed by atoms with Crippen LogP contribution >= 0.6 is 11.3 Å². The van der Waals surface area contributed by atoms with E-state index >= 15 is 0 Å². The Morgan fingerprint density at radius 1 is 1.38 bits per heavy atom. The Labute approximate surface area is 124 Å². The van der Waals surface area contributed by atoms with Crippen LogP contribution in [0.4, 0.5) is 24.5 Å². The molecule has 21 heavy (non-hydrogen) atoms. The van der Waals surface area contributed by atoms with Crippen molar-refractivity contribution in [2.45, 2.75) is 26.5 Å². The van der Waals surface area contributed by atoms with E-state index in [-0.39, 0.29) is 5.69 Å². The Kier molecular flexibility index (Phi) is 4.95. The molecule has 3 nitrogen and oxygen atoms in total. The number of ether oxygens (including phenoxy) is 1. The van der Waals surface area contributed by atoms with Gasteiger partial charge in [0.05, 0.1) is 11.4 Å². The van der Waals surface area contributed by atoms with Crippen molar-refractivity contribution in [3.8, 4) is 5.75 Å². The van der Waals surface area contributed by atoms with Gasteiger partial charge in [-0.05, 0) is 23.4 Å². The number of thiophene rings is 1. The topological polar surface area (TPSA) is 47.3 Å². The fourth-order valence-electron chi connectivity index (χ4n) is 1.92. The van der Waals surface area contributed by atoms with E-state index in [1.54, 1.807) is 11.3 Å². The van der Waals surface area contributed by atoms with E-state index < -0.39 is 18.2 Å². The number of halogens is 3.